The second-order valence-corrected chi connectivity index (χ2v) is 4.42. The normalized spacial score (nSPS) is 11.3. The molecule has 1 N–H and O–H groups in total. The van der Waals surface area contributed by atoms with Crippen LogP contribution in [0.3, 0.4) is 0 Å². The van der Waals surface area contributed by atoms with Gasteiger partial charge in [0.2, 0.25) is 0 Å². The Morgan fingerprint density at radius 2 is 2.19 bits per heavy atom. The molecule has 0 spiro atoms. The van der Waals surface area contributed by atoms with E-state index in [2.05, 4.69) is 47.9 Å². The minimum atomic E-state index is 0.924. The van der Waals surface area contributed by atoms with Crippen molar-refractivity contribution in [2.45, 2.75) is 33.4 Å². The largest absolute Gasteiger partial charge is 0.311 e. The van der Waals surface area contributed by atoms with Gasteiger partial charge in [0.15, 0.2) is 0 Å². The molecule has 0 aromatic carbocycles. The fraction of sp³-hybridized carbons (Fsp3) is 0.750. The lowest BCUT2D eigenvalue weighted by molar-refractivity contribution is 0.393. The molecule has 1 rings (SSSR count). The maximum atomic E-state index is 4.33. The molecule has 1 aromatic rings. The van der Waals surface area contributed by atoms with Crippen molar-refractivity contribution in [2.24, 2.45) is 0 Å². The van der Waals surface area contributed by atoms with Gasteiger partial charge >= 0.3 is 0 Å². The van der Waals surface area contributed by atoms with Crippen molar-refractivity contribution in [3.05, 3.63) is 17.5 Å². The van der Waals surface area contributed by atoms with Gasteiger partial charge < -0.3 is 10.2 Å². The summed E-state index contributed by atoms with van der Waals surface area (Å²) in [7, 11) is 4.21. The standard InChI is InChI=1S/C12H24N4/c1-5-16-12(11(2)9-14-16)10-13-7-6-8-15(3)4/h9,13H,5-8,10H2,1-4H3. The summed E-state index contributed by atoms with van der Waals surface area (Å²) in [6.45, 7) is 8.32. The minimum absolute atomic E-state index is 0.924. The van der Waals surface area contributed by atoms with Crippen LogP contribution in [0.15, 0.2) is 6.20 Å². The fourth-order valence-corrected chi connectivity index (χ4v) is 1.73. The Labute approximate surface area is 98.6 Å². The summed E-state index contributed by atoms with van der Waals surface area (Å²) >= 11 is 0. The summed E-state index contributed by atoms with van der Waals surface area (Å²) in [5.41, 5.74) is 2.59. The van der Waals surface area contributed by atoms with Crippen LogP contribution < -0.4 is 5.32 Å². The predicted octanol–water partition coefficient (Wildman–Crippen LogP) is 1.25. The Kier molecular flexibility index (Phi) is 5.49. The van der Waals surface area contributed by atoms with Crippen LogP contribution in [0, 0.1) is 6.92 Å². The number of aryl methyl sites for hydroxylation is 2. The summed E-state index contributed by atoms with van der Waals surface area (Å²) in [6, 6.07) is 0. The summed E-state index contributed by atoms with van der Waals surface area (Å²) < 4.78 is 2.06. The van der Waals surface area contributed by atoms with Gasteiger partial charge in [-0.25, -0.2) is 0 Å². The first kappa shape index (κ1) is 13.2. The van der Waals surface area contributed by atoms with E-state index in [1.54, 1.807) is 0 Å². The summed E-state index contributed by atoms with van der Waals surface area (Å²) in [4.78, 5) is 2.21. The Bertz CT molecular complexity index is 304. The van der Waals surface area contributed by atoms with Gasteiger partial charge in [0.05, 0.1) is 11.9 Å². The molecule has 92 valence electrons. The number of aromatic nitrogens is 2. The average molecular weight is 224 g/mol. The van der Waals surface area contributed by atoms with Crippen LogP contribution in [0.1, 0.15) is 24.6 Å². The third-order valence-electron chi connectivity index (χ3n) is 2.71. The van der Waals surface area contributed by atoms with Crippen molar-refractivity contribution in [3.63, 3.8) is 0 Å². The lowest BCUT2D eigenvalue weighted by Crippen LogP contribution is -2.22. The van der Waals surface area contributed by atoms with Crippen LogP contribution in [0.5, 0.6) is 0 Å². The molecule has 0 saturated heterocycles. The first-order valence-electron chi connectivity index (χ1n) is 6.02. The van der Waals surface area contributed by atoms with Crippen LogP contribution in [-0.4, -0.2) is 41.9 Å². The lowest BCUT2D eigenvalue weighted by atomic mass is 10.2. The van der Waals surface area contributed by atoms with Gasteiger partial charge in [-0.05, 0) is 53.0 Å². The van der Waals surface area contributed by atoms with E-state index >= 15 is 0 Å². The Morgan fingerprint density at radius 3 is 2.81 bits per heavy atom. The van der Waals surface area contributed by atoms with E-state index in [-0.39, 0.29) is 0 Å². The van der Waals surface area contributed by atoms with Crippen molar-refractivity contribution in [1.82, 2.24) is 20.0 Å². The molecule has 0 atom stereocenters. The average Bonchev–Trinajstić information content (AvgIpc) is 2.59. The van der Waals surface area contributed by atoms with Crippen LogP contribution >= 0.6 is 0 Å². The molecule has 0 aliphatic heterocycles. The molecular weight excluding hydrogens is 200 g/mol. The molecule has 0 bridgehead atoms. The second-order valence-electron chi connectivity index (χ2n) is 4.42. The molecule has 4 heteroatoms. The van der Waals surface area contributed by atoms with Crippen molar-refractivity contribution >= 4 is 0 Å². The van der Waals surface area contributed by atoms with E-state index in [0.29, 0.717) is 0 Å². The molecule has 1 aromatic heterocycles. The van der Waals surface area contributed by atoms with E-state index in [4.69, 9.17) is 0 Å². The lowest BCUT2D eigenvalue weighted by Gasteiger charge is -2.11. The fourth-order valence-electron chi connectivity index (χ4n) is 1.73. The smallest absolute Gasteiger partial charge is 0.0551 e. The van der Waals surface area contributed by atoms with Gasteiger partial charge in [-0.1, -0.05) is 0 Å². The van der Waals surface area contributed by atoms with Gasteiger partial charge in [-0.2, -0.15) is 5.10 Å². The number of hydrogen-bond donors (Lipinski definition) is 1. The van der Waals surface area contributed by atoms with E-state index in [1.807, 2.05) is 6.20 Å². The van der Waals surface area contributed by atoms with Crippen molar-refractivity contribution < 1.29 is 0 Å². The Hall–Kier alpha value is -0.870. The molecule has 0 aliphatic carbocycles. The maximum absolute atomic E-state index is 4.33. The molecule has 0 radical (unpaired) electrons. The second kappa shape index (κ2) is 6.66. The van der Waals surface area contributed by atoms with Gasteiger partial charge in [0.1, 0.15) is 0 Å². The molecule has 1 heterocycles. The summed E-state index contributed by atoms with van der Waals surface area (Å²) in [5, 5.41) is 7.80. The van der Waals surface area contributed by atoms with Gasteiger partial charge in [0, 0.05) is 13.1 Å². The predicted molar refractivity (Wildman–Crippen MR) is 67.5 cm³/mol. The number of nitrogens with one attached hydrogen (secondary N) is 1. The summed E-state index contributed by atoms with van der Waals surface area (Å²) in [5.74, 6) is 0. The third kappa shape index (κ3) is 3.94. The van der Waals surface area contributed by atoms with E-state index in [0.717, 1.165) is 26.2 Å². The molecule has 0 aliphatic rings. The van der Waals surface area contributed by atoms with E-state index < -0.39 is 0 Å². The van der Waals surface area contributed by atoms with Crippen LogP contribution in [0.2, 0.25) is 0 Å². The monoisotopic (exact) mass is 224 g/mol. The highest BCUT2D eigenvalue weighted by atomic mass is 15.3. The van der Waals surface area contributed by atoms with Gasteiger partial charge in [0.25, 0.3) is 0 Å². The van der Waals surface area contributed by atoms with Crippen molar-refractivity contribution in [2.75, 3.05) is 27.2 Å². The SMILES string of the molecule is CCn1ncc(C)c1CNCCCN(C)C. The molecule has 0 unspecified atom stereocenters. The molecule has 16 heavy (non-hydrogen) atoms. The third-order valence-corrected chi connectivity index (χ3v) is 2.71. The molecule has 0 amide bonds. The zero-order valence-corrected chi connectivity index (χ0v) is 11.0. The highest BCUT2D eigenvalue weighted by Crippen LogP contribution is 2.06. The quantitative estimate of drug-likeness (QED) is 0.708. The highest BCUT2D eigenvalue weighted by Gasteiger charge is 2.04. The van der Waals surface area contributed by atoms with Gasteiger partial charge in [-0.3, -0.25) is 4.68 Å². The molecule has 4 nitrogen and oxygen atoms in total. The van der Waals surface area contributed by atoms with Crippen LogP contribution in [0.25, 0.3) is 0 Å². The zero-order chi connectivity index (χ0) is 12.0. The van der Waals surface area contributed by atoms with Crippen molar-refractivity contribution in [3.8, 4) is 0 Å². The van der Waals surface area contributed by atoms with Crippen molar-refractivity contribution in [1.29, 1.82) is 0 Å². The number of nitrogens with zero attached hydrogens (tertiary/aromatic N) is 3. The topological polar surface area (TPSA) is 33.1 Å². The minimum Gasteiger partial charge on any atom is -0.311 e. The first-order valence-corrected chi connectivity index (χ1v) is 6.02. The van der Waals surface area contributed by atoms with E-state index in [1.165, 1.54) is 17.7 Å². The molecule has 0 fully saturated rings. The zero-order valence-electron chi connectivity index (χ0n) is 11.0. The molecule has 0 saturated carbocycles. The van der Waals surface area contributed by atoms with E-state index in [9.17, 15) is 0 Å². The number of rotatable bonds is 7. The van der Waals surface area contributed by atoms with Crippen LogP contribution in [-0.2, 0) is 13.1 Å². The van der Waals surface area contributed by atoms with Crippen LogP contribution in [0.4, 0.5) is 0 Å². The summed E-state index contributed by atoms with van der Waals surface area (Å²) in [6.07, 6.45) is 3.13. The first-order chi connectivity index (χ1) is 7.65. The number of hydrogen-bond acceptors (Lipinski definition) is 3. The molecular formula is C12H24N4. The Morgan fingerprint density at radius 1 is 1.44 bits per heavy atom. The Balaban J connectivity index is 2.28. The maximum Gasteiger partial charge on any atom is 0.0551 e. The van der Waals surface area contributed by atoms with Gasteiger partial charge in [-0.15, -0.1) is 0 Å². The highest BCUT2D eigenvalue weighted by molar-refractivity contribution is 5.15.